The number of hydrogen-bond acceptors (Lipinski definition) is 7. The number of likely N-dealkylation sites (N-methyl/N-ethyl adjacent to an activating group) is 1. The van der Waals surface area contributed by atoms with Crippen LogP contribution in [0.4, 0.5) is 17.5 Å². The molecule has 2 aliphatic rings. The summed E-state index contributed by atoms with van der Waals surface area (Å²) in [5.41, 5.74) is 5.90. The number of benzene rings is 2. The molecule has 2 aliphatic heterocycles. The molecule has 1 unspecified atom stereocenters. The maximum Gasteiger partial charge on any atom is 0.488 e. The molecule has 0 aliphatic carbocycles. The van der Waals surface area contributed by atoms with Crippen molar-refractivity contribution in [2.24, 2.45) is 0 Å². The summed E-state index contributed by atoms with van der Waals surface area (Å²) in [6, 6.07) is 16.1. The molecule has 3 heterocycles. The van der Waals surface area contributed by atoms with Crippen LogP contribution in [-0.2, 0) is 25.9 Å². The predicted octanol–water partition coefficient (Wildman–Crippen LogP) is 1.84. The average molecular weight is 429 g/mol. The summed E-state index contributed by atoms with van der Waals surface area (Å²) >= 11 is 0. The lowest BCUT2D eigenvalue weighted by Crippen LogP contribution is -2.32. The molecule has 164 valence electrons. The van der Waals surface area contributed by atoms with E-state index in [0.717, 1.165) is 48.7 Å². The van der Waals surface area contributed by atoms with Gasteiger partial charge in [-0.05, 0) is 49.5 Å². The quantitative estimate of drug-likeness (QED) is 0.534. The maximum atomic E-state index is 9.83. The van der Waals surface area contributed by atoms with Crippen LogP contribution in [0, 0.1) is 0 Å². The van der Waals surface area contributed by atoms with Crippen molar-refractivity contribution in [3.63, 3.8) is 0 Å². The van der Waals surface area contributed by atoms with Crippen molar-refractivity contribution < 1.29 is 10.0 Å². The zero-order valence-electron chi connectivity index (χ0n) is 18.5. The van der Waals surface area contributed by atoms with Crippen molar-refractivity contribution in [2.75, 3.05) is 23.8 Å². The van der Waals surface area contributed by atoms with Crippen LogP contribution in [0.3, 0.4) is 0 Å². The van der Waals surface area contributed by atoms with Crippen LogP contribution in [-0.4, -0.2) is 51.7 Å². The Bertz CT molecular complexity index is 1120. The maximum absolute atomic E-state index is 9.83. The Kier molecular flexibility index (Phi) is 5.59. The first-order chi connectivity index (χ1) is 15.5. The topological polar surface area (TPSA) is 84.8 Å². The van der Waals surface area contributed by atoms with Crippen LogP contribution in [0.1, 0.15) is 29.3 Å². The SMILES string of the molecule is CC1Cc2c(B(O)O)cccc2N1c1nc2c(c(NCc3ccccc3)n1)CCN(C)C2. The molecule has 8 heteroatoms. The smallest absolute Gasteiger partial charge is 0.423 e. The van der Waals surface area contributed by atoms with Crippen molar-refractivity contribution in [3.05, 3.63) is 70.9 Å². The summed E-state index contributed by atoms with van der Waals surface area (Å²) in [4.78, 5) is 14.4. The van der Waals surface area contributed by atoms with E-state index in [0.29, 0.717) is 18.0 Å². The molecule has 7 nitrogen and oxygen atoms in total. The van der Waals surface area contributed by atoms with E-state index in [1.54, 1.807) is 6.07 Å². The lowest BCUT2D eigenvalue weighted by molar-refractivity contribution is 0.307. The molecular weight excluding hydrogens is 401 g/mol. The first-order valence-corrected chi connectivity index (χ1v) is 11.1. The molecule has 32 heavy (non-hydrogen) atoms. The highest BCUT2D eigenvalue weighted by Crippen LogP contribution is 2.37. The number of aromatic nitrogens is 2. The van der Waals surface area contributed by atoms with Gasteiger partial charge in [-0.25, -0.2) is 4.98 Å². The van der Waals surface area contributed by atoms with Gasteiger partial charge in [0.1, 0.15) is 5.82 Å². The van der Waals surface area contributed by atoms with Gasteiger partial charge in [0.05, 0.1) is 5.69 Å². The van der Waals surface area contributed by atoms with Gasteiger partial charge >= 0.3 is 7.12 Å². The molecule has 1 aromatic heterocycles. The van der Waals surface area contributed by atoms with Gasteiger partial charge in [-0.15, -0.1) is 0 Å². The molecule has 3 N–H and O–H groups in total. The zero-order valence-corrected chi connectivity index (χ0v) is 18.5. The van der Waals surface area contributed by atoms with E-state index in [2.05, 4.69) is 41.2 Å². The highest BCUT2D eigenvalue weighted by Gasteiger charge is 2.34. The number of nitrogens with one attached hydrogen (secondary N) is 1. The molecule has 0 saturated heterocycles. The molecular formula is C24H28BN5O2. The van der Waals surface area contributed by atoms with Crippen molar-refractivity contribution in [2.45, 2.75) is 38.9 Å². The molecule has 2 aromatic carbocycles. The predicted molar refractivity (Wildman–Crippen MR) is 127 cm³/mol. The Morgan fingerprint density at radius 2 is 1.88 bits per heavy atom. The van der Waals surface area contributed by atoms with E-state index in [9.17, 15) is 10.0 Å². The third kappa shape index (κ3) is 3.85. The minimum absolute atomic E-state index is 0.117. The molecule has 0 saturated carbocycles. The molecule has 1 atom stereocenters. The summed E-state index contributed by atoms with van der Waals surface area (Å²) in [5.74, 6) is 1.55. The van der Waals surface area contributed by atoms with Gasteiger partial charge in [-0.2, -0.15) is 4.98 Å². The van der Waals surface area contributed by atoms with Crippen LogP contribution in [0.15, 0.2) is 48.5 Å². The van der Waals surface area contributed by atoms with Crippen molar-refractivity contribution >= 4 is 30.0 Å². The van der Waals surface area contributed by atoms with Gasteiger partial charge in [-0.3, -0.25) is 0 Å². The fraction of sp³-hybridized carbons (Fsp3) is 0.333. The second kappa shape index (κ2) is 8.54. The van der Waals surface area contributed by atoms with Crippen molar-refractivity contribution in [1.29, 1.82) is 0 Å². The van der Waals surface area contributed by atoms with Gasteiger partial charge in [0.2, 0.25) is 5.95 Å². The number of rotatable bonds is 5. The van der Waals surface area contributed by atoms with E-state index in [-0.39, 0.29) is 6.04 Å². The fourth-order valence-corrected chi connectivity index (χ4v) is 4.79. The van der Waals surface area contributed by atoms with E-state index in [4.69, 9.17) is 9.97 Å². The van der Waals surface area contributed by atoms with Crippen LogP contribution >= 0.6 is 0 Å². The van der Waals surface area contributed by atoms with Crippen LogP contribution in [0.2, 0.25) is 0 Å². The first kappa shape index (κ1) is 20.9. The molecule has 0 amide bonds. The number of nitrogens with zero attached hydrogens (tertiary/aromatic N) is 4. The summed E-state index contributed by atoms with van der Waals surface area (Å²) < 4.78 is 0. The Balaban J connectivity index is 1.55. The Labute approximate surface area is 188 Å². The summed E-state index contributed by atoms with van der Waals surface area (Å²) in [7, 11) is 0.628. The molecule has 5 rings (SSSR count). The number of hydrogen-bond donors (Lipinski definition) is 3. The van der Waals surface area contributed by atoms with Crippen LogP contribution < -0.4 is 15.7 Å². The molecule has 0 fully saturated rings. The average Bonchev–Trinajstić information content (AvgIpc) is 3.13. The Hall–Kier alpha value is -2.94. The lowest BCUT2D eigenvalue weighted by atomic mass is 9.76. The van der Waals surface area contributed by atoms with Crippen LogP contribution in [0.5, 0.6) is 0 Å². The highest BCUT2D eigenvalue weighted by molar-refractivity contribution is 6.59. The minimum atomic E-state index is -1.49. The second-order valence-electron chi connectivity index (χ2n) is 8.77. The highest BCUT2D eigenvalue weighted by atomic mass is 16.4. The minimum Gasteiger partial charge on any atom is -0.423 e. The normalized spacial score (nSPS) is 17.8. The van der Waals surface area contributed by atoms with Crippen molar-refractivity contribution in [3.8, 4) is 0 Å². The van der Waals surface area contributed by atoms with E-state index in [1.807, 2.05) is 30.3 Å². The van der Waals surface area contributed by atoms with E-state index >= 15 is 0 Å². The van der Waals surface area contributed by atoms with E-state index in [1.165, 1.54) is 11.1 Å². The molecule has 3 aromatic rings. The van der Waals surface area contributed by atoms with E-state index < -0.39 is 7.12 Å². The third-order valence-electron chi connectivity index (χ3n) is 6.43. The zero-order chi connectivity index (χ0) is 22.2. The van der Waals surface area contributed by atoms with Gasteiger partial charge in [0.25, 0.3) is 0 Å². The monoisotopic (exact) mass is 429 g/mol. The number of fused-ring (bicyclic) bond motifs is 2. The Morgan fingerprint density at radius 1 is 1.06 bits per heavy atom. The summed E-state index contributed by atoms with van der Waals surface area (Å²) in [5, 5.41) is 23.2. The lowest BCUT2D eigenvalue weighted by Gasteiger charge is -2.29. The van der Waals surface area contributed by atoms with Crippen LogP contribution in [0.25, 0.3) is 0 Å². The second-order valence-corrected chi connectivity index (χ2v) is 8.77. The van der Waals surface area contributed by atoms with Gasteiger partial charge < -0.3 is 25.2 Å². The molecule has 0 radical (unpaired) electrons. The third-order valence-corrected chi connectivity index (χ3v) is 6.43. The Morgan fingerprint density at radius 3 is 2.66 bits per heavy atom. The van der Waals surface area contributed by atoms with Crippen molar-refractivity contribution in [1.82, 2.24) is 14.9 Å². The number of anilines is 3. The standard InChI is InChI=1S/C24H28BN5O2/c1-16-13-19-20(25(31)32)9-6-10-22(19)30(16)24-27-21-15-29(2)12-11-18(21)23(28-24)26-14-17-7-4-3-5-8-17/h3-10,16,31-32H,11-15H2,1-2H3,(H,26,27,28). The van der Waals surface area contributed by atoms with Gasteiger partial charge in [0, 0.05) is 36.9 Å². The largest absolute Gasteiger partial charge is 0.488 e. The van der Waals surface area contributed by atoms with Gasteiger partial charge in [0.15, 0.2) is 0 Å². The summed E-state index contributed by atoms with van der Waals surface area (Å²) in [6.45, 7) is 4.60. The molecule has 0 bridgehead atoms. The first-order valence-electron chi connectivity index (χ1n) is 11.1. The van der Waals surface area contributed by atoms with Gasteiger partial charge in [-0.1, -0.05) is 42.5 Å². The summed E-state index contributed by atoms with van der Waals surface area (Å²) in [6.07, 6.45) is 1.63. The molecule has 0 spiro atoms. The fourth-order valence-electron chi connectivity index (χ4n) is 4.79.